The van der Waals surface area contributed by atoms with Crippen LogP contribution in [0.2, 0.25) is 0 Å². The third-order valence-electron chi connectivity index (χ3n) is 3.60. The van der Waals surface area contributed by atoms with Gasteiger partial charge in [0.25, 0.3) is 0 Å². The van der Waals surface area contributed by atoms with E-state index in [2.05, 4.69) is 15.0 Å². The zero-order valence-corrected chi connectivity index (χ0v) is 12.2. The number of halogens is 1. The van der Waals surface area contributed by atoms with Crippen molar-refractivity contribution in [3.8, 4) is 0 Å². The number of fused-ring (bicyclic) bond motifs is 2. The number of primary amides is 1. The lowest BCUT2D eigenvalue weighted by Crippen LogP contribution is -2.38. The van der Waals surface area contributed by atoms with Gasteiger partial charge in [-0.1, -0.05) is 6.08 Å². The molecule has 3 N–H and O–H groups in total. The molecular weight excluding hydrogens is 329 g/mol. The summed E-state index contributed by atoms with van der Waals surface area (Å²) in [4.78, 5) is 39.8. The van der Waals surface area contributed by atoms with Crippen molar-refractivity contribution in [1.29, 1.82) is 0 Å². The number of alkyl halides is 1. The fourth-order valence-corrected chi connectivity index (χ4v) is 2.64. The minimum absolute atomic E-state index is 0.0405. The Labute approximate surface area is 133 Å². The third kappa shape index (κ3) is 2.46. The zero-order chi connectivity index (χ0) is 17.6. The molecule has 1 aromatic heterocycles. The van der Waals surface area contributed by atoms with Crippen molar-refractivity contribution in [3.63, 3.8) is 0 Å². The van der Waals surface area contributed by atoms with Gasteiger partial charge in [-0.2, -0.15) is 5.06 Å². The van der Waals surface area contributed by atoms with Gasteiger partial charge in [-0.25, -0.2) is 18.8 Å². The van der Waals surface area contributed by atoms with Crippen molar-refractivity contribution in [3.05, 3.63) is 23.4 Å². The molecule has 3 heterocycles. The summed E-state index contributed by atoms with van der Waals surface area (Å²) in [6, 6.07) is -2.21. The van der Waals surface area contributed by atoms with Gasteiger partial charge in [0.2, 0.25) is 5.89 Å². The second-order valence-electron chi connectivity index (χ2n) is 5.21. The number of hydrogen-bond donors (Lipinski definition) is 2. The van der Waals surface area contributed by atoms with Gasteiger partial charge in [0.15, 0.2) is 0 Å². The number of hydroxylamine groups is 2. The SMILES string of the molecule is CC1=C[C@@H]2CN(C(=O)N2OC(F)C(=O)O)[C@@H]1c1nnc(C(N)=O)o1. The number of hydrogen-bond acceptors (Lipinski definition) is 7. The van der Waals surface area contributed by atoms with E-state index >= 15 is 0 Å². The number of carbonyl (C=O) groups is 3. The predicted molar refractivity (Wildman–Crippen MR) is 70.7 cm³/mol. The summed E-state index contributed by atoms with van der Waals surface area (Å²) in [5, 5.41) is 16.4. The first-order valence-electron chi connectivity index (χ1n) is 6.74. The standard InChI is InChI=1S/C12H12FN5O6/c1-4-2-5-3-17(12(22)18(5)24-7(13)11(20)21)6(4)9-15-16-10(23-9)8(14)19/h2,5-7H,3H2,1H3,(H2,14,19)(H,20,21)/t5-,6+,7?/m1/s1. The molecule has 1 saturated heterocycles. The van der Waals surface area contributed by atoms with E-state index in [0.717, 1.165) is 0 Å². The van der Waals surface area contributed by atoms with E-state index in [0.29, 0.717) is 10.6 Å². The molecule has 2 aliphatic heterocycles. The molecule has 3 atom stereocenters. The topological polar surface area (TPSA) is 152 Å². The van der Waals surface area contributed by atoms with E-state index in [1.165, 1.54) is 4.90 Å². The van der Waals surface area contributed by atoms with Crippen LogP contribution in [0.5, 0.6) is 0 Å². The fraction of sp³-hybridized carbons (Fsp3) is 0.417. The molecule has 2 bridgehead atoms. The Kier molecular flexibility index (Phi) is 3.67. The van der Waals surface area contributed by atoms with Gasteiger partial charge in [-0.3, -0.25) is 4.79 Å². The lowest BCUT2D eigenvalue weighted by Gasteiger charge is -2.27. The molecule has 3 rings (SSSR count). The maximum Gasteiger partial charge on any atom is 0.368 e. The number of rotatable bonds is 5. The number of carboxylic acids is 1. The lowest BCUT2D eigenvalue weighted by atomic mass is 10.0. The normalized spacial score (nSPS) is 24.1. The van der Waals surface area contributed by atoms with Gasteiger partial charge in [0.1, 0.15) is 6.04 Å². The van der Waals surface area contributed by atoms with Gasteiger partial charge in [-0.15, -0.1) is 10.2 Å². The summed E-state index contributed by atoms with van der Waals surface area (Å²) in [5.74, 6) is -3.21. The molecule has 12 heteroatoms. The number of aliphatic carboxylic acids is 1. The van der Waals surface area contributed by atoms with Crippen LogP contribution >= 0.6 is 0 Å². The molecule has 128 valence electrons. The van der Waals surface area contributed by atoms with Crippen LogP contribution in [0.25, 0.3) is 0 Å². The van der Waals surface area contributed by atoms with Crippen LogP contribution in [-0.2, 0) is 9.63 Å². The van der Waals surface area contributed by atoms with E-state index in [1.54, 1.807) is 13.0 Å². The highest BCUT2D eigenvalue weighted by Gasteiger charge is 2.48. The van der Waals surface area contributed by atoms with Crippen LogP contribution < -0.4 is 5.73 Å². The number of aromatic nitrogens is 2. The minimum Gasteiger partial charge on any atom is -0.477 e. The highest BCUT2D eigenvalue weighted by Crippen LogP contribution is 2.38. The summed E-state index contributed by atoms with van der Waals surface area (Å²) in [5.41, 5.74) is 5.65. The van der Waals surface area contributed by atoms with Gasteiger partial charge >= 0.3 is 30.2 Å². The summed E-state index contributed by atoms with van der Waals surface area (Å²) in [6.07, 6.45) is -1.08. The maximum atomic E-state index is 13.3. The lowest BCUT2D eigenvalue weighted by molar-refractivity contribution is -0.219. The second kappa shape index (κ2) is 5.56. The molecule has 3 amide bonds. The first kappa shape index (κ1) is 15.9. The molecule has 0 aromatic carbocycles. The summed E-state index contributed by atoms with van der Waals surface area (Å²) < 4.78 is 18.4. The quantitative estimate of drug-likeness (QED) is 0.685. The Morgan fingerprint density at radius 3 is 2.83 bits per heavy atom. The number of nitrogens with zero attached hydrogens (tertiary/aromatic N) is 4. The van der Waals surface area contributed by atoms with E-state index < -0.39 is 42.2 Å². The van der Waals surface area contributed by atoms with Crippen molar-refractivity contribution in [2.75, 3.05) is 6.54 Å². The molecule has 1 fully saturated rings. The van der Waals surface area contributed by atoms with Crippen molar-refractivity contribution in [2.24, 2.45) is 5.73 Å². The first-order valence-corrected chi connectivity index (χ1v) is 6.74. The Morgan fingerprint density at radius 1 is 1.54 bits per heavy atom. The average molecular weight is 341 g/mol. The molecule has 11 nitrogen and oxygen atoms in total. The molecule has 1 unspecified atom stereocenters. The molecule has 0 spiro atoms. The largest absolute Gasteiger partial charge is 0.477 e. The number of urea groups is 1. The van der Waals surface area contributed by atoms with E-state index in [4.69, 9.17) is 15.3 Å². The summed E-state index contributed by atoms with van der Waals surface area (Å²) >= 11 is 0. The smallest absolute Gasteiger partial charge is 0.368 e. The van der Waals surface area contributed by atoms with Crippen LogP contribution in [0.1, 0.15) is 29.5 Å². The molecule has 0 aliphatic carbocycles. The van der Waals surface area contributed by atoms with E-state index in [1.807, 2.05) is 0 Å². The van der Waals surface area contributed by atoms with Crippen molar-refractivity contribution in [1.82, 2.24) is 20.2 Å². The van der Waals surface area contributed by atoms with Gasteiger partial charge in [0.05, 0.1) is 12.6 Å². The number of amides is 3. The molecule has 1 aromatic rings. The number of carboxylic acid groups (broad SMARTS) is 1. The Hall–Kier alpha value is -3.02. The van der Waals surface area contributed by atoms with Gasteiger partial charge in [0, 0.05) is 0 Å². The highest BCUT2D eigenvalue weighted by molar-refractivity contribution is 5.87. The number of nitrogens with two attached hydrogens (primary N) is 1. The Balaban J connectivity index is 1.87. The Morgan fingerprint density at radius 2 is 2.25 bits per heavy atom. The fourth-order valence-electron chi connectivity index (χ4n) is 2.64. The van der Waals surface area contributed by atoms with Gasteiger partial charge in [-0.05, 0) is 12.5 Å². The van der Waals surface area contributed by atoms with Crippen LogP contribution in [0.15, 0.2) is 16.1 Å². The predicted octanol–water partition coefficient (Wildman–Crippen LogP) is -0.412. The van der Waals surface area contributed by atoms with Crippen molar-refractivity contribution >= 4 is 17.9 Å². The first-order chi connectivity index (χ1) is 11.3. The monoisotopic (exact) mass is 341 g/mol. The molecular formula is C12H12FN5O6. The minimum atomic E-state index is -2.67. The second-order valence-corrected chi connectivity index (χ2v) is 5.21. The van der Waals surface area contributed by atoms with Crippen molar-refractivity contribution < 1.29 is 33.1 Å². The van der Waals surface area contributed by atoms with Crippen LogP contribution in [0, 0.1) is 0 Å². The van der Waals surface area contributed by atoms with Crippen LogP contribution in [0.4, 0.5) is 9.18 Å². The van der Waals surface area contributed by atoms with E-state index in [-0.39, 0.29) is 12.4 Å². The molecule has 2 aliphatic rings. The molecule has 24 heavy (non-hydrogen) atoms. The van der Waals surface area contributed by atoms with Crippen molar-refractivity contribution in [2.45, 2.75) is 25.4 Å². The number of carbonyl (C=O) groups excluding carboxylic acids is 2. The zero-order valence-electron chi connectivity index (χ0n) is 12.2. The third-order valence-corrected chi connectivity index (χ3v) is 3.60. The van der Waals surface area contributed by atoms with Crippen LogP contribution in [-0.4, -0.2) is 62.1 Å². The van der Waals surface area contributed by atoms with Crippen LogP contribution in [0.3, 0.4) is 0 Å². The van der Waals surface area contributed by atoms with Gasteiger partial charge < -0.3 is 20.2 Å². The Bertz CT molecular complexity index is 748. The summed E-state index contributed by atoms with van der Waals surface area (Å²) in [7, 11) is 0. The molecule has 0 radical (unpaired) electrons. The molecule has 0 saturated carbocycles. The maximum absolute atomic E-state index is 13.3. The highest BCUT2D eigenvalue weighted by atomic mass is 19.1. The van der Waals surface area contributed by atoms with E-state index in [9.17, 15) is 18.8 Å². The summed E-state index contributed by atoms with van der Waals surface area (Å²) in [6.45, 7) is 1.76. The average Bonchev–Trinajstić information content (AvgIpc) is 3.08.